The van der Waals surface area contributed by atoms with Crippen LogP contribution in [0.5, 0.6) is 0 Å². The van der Waals surface area contributed by atoms with Crippen molar-refractivity contribution in [2.24, 2.45) is 0 Å². The van der Waals surface area contributed by atoms with Gasteiger partial charge in [0, 0.05) is 0 Å². The molecule has 152 valence electrons. The molecule has 3 heteroatoms. The van der Waals surface area contributed by atoms with Crippen molar-refractivity contribution in [2.75, 3.05) is 32.8 Å². The topological polar surface area (TPSA) is 40.5 Å². The molecule has 2 N–H and O–H groups in total. The number of likely N-dealkylation sites (N-methyl/N-ethyl adjacent to an activating group) is 1. The molecule has 1 atom stereocenters. The molecular weight excluding hydrogens is 310 g/mol. The van der Waals surface area contributed by atoms with Crippen molar-refractivity contribution in [3.8, 4) is 0 Å². The zero-order chi connectivity index (χ0) is 18.8. The highest BCUT2D eigenvalue weighted by atomic mass is 16.3. The average molecular weight is 359 g/mol. The number of aliphatic hydroxyl groups excluding tert-OH is 2. The summed E-state index contributed by atoms with van der Waals surface area (Å²) in [5.74, 6) is 0. The maximum Gasteiger partial charge on any atom is 0.105 e. The Kier molecular flexibility index (Phi) is 17.2. The van der Waals surface area contributed by atoms with Crippen molar-refractivity contribution in [1.29, 1.82) is 0 Å². The van der Waals surface area contributed by atoms with E-state index in [4.69, 9.17) is 0 Å². The number of hydrogen-bond acceptors (Lipinski definition) is 2. The van der Waals surface area contributed by atoms with E-state index in [2.05, 4.69) is 20.8 Å². The molecule has 0 saturated heterocycles. The Bertz CT molecular complexity index is 267. The zero-order valence-electron chi connectivity index (χ0n) is 17.6. The van der Waals surface area contributed by atoms with E-state index in [0.29, 0.717) is 0 Å². The van der Waals surface area contributed by atoms with Crippen LogP contribution in [-0.4, -0.2) is 53.6 Å². The molecule has 0 fully saturated rings. The highest BCUT2D eigenvalue weighted by Crippen LogP contribution is 2.15. The Labute approximate surface area is 158 Å². The predicted molar refractivity (Wildman–Crippen MR) is 110 cm³/mol. The van der Waals surface area contributed by atoms with E-state index in [1.807, 2.05) is 0 Å². The first-order valence-corrected chi connectivity index (χ1v) is 11.3. The van der Waals surface area contributed by atoms with Gasteiger partial charge >= 0.3 is 0 Å². The van der Waals surface area contributed by atoms with Crippen LogP contribution >= 0.6 is 0 Å². The van der Waals surface area contributed by atoms with E-state index in [1.54, 1.807) is 0 Å². The molecule has 0 saturated carbocycles. The van der Waals surface area contributed by atoms with Gasteiger partial charge in [-0.2, -0.15) is 0 Å². The predicted octanol–water partition coefficient (Wildman–Crippen LogP) is 5.29. The van der Waals surface area contributed by atoms with Crippen LogP contribution in [0.3, 0.4) is 0 Å². The maximum atomic E-state index is 10.3. The molecule has 0 bridgehead atoms. The monoisotopic (exact) mass is 358 g/mol. The number of nitrogens with zero attached hydrogens (tertiary/aromatic N) is 1. The van der Waals surface area contributed by atoms with E-state index in [0.717, 1.165) is 43.5 Å². The van der Waals surface area contributed by atoms with Gasteiger partial charge in [0.05, 0.1) is 19.7 Å². The second-order valence-corrected chi connectivity index (χ2v) is 7.94. The minimum absolute atomic E-state index is 0.213. The molecule has 25 heavy (non-hydrogen) atoms. The summed E-state index contributed by atoms with van der Waals surface area (Å²) in [5, 5.41) is 19.6. The van der Waals surface area contributed by atoms with Gasteiger partial charge in [-0.25, -0.2) is 0 Å². The number of hydrogen-bond donors (Lipinski definition) is 2. The Hall–Kier alpha value is -0.120. The van der Waals surface area contributed by atoms with Crippen molar-refractivity contribution < 1.29 is 14.7 Å². The highest BCUT2D eigenvalue weighted by Gasteiger charge is 2.25. The molecule has 0 aliphatic rings. The van der Waals surface area contributed by atoms with Gasteiger partial charge in [-0.15, -0.1) is 0 Å². The molecule has 0 aliphatic heterocycles. The third kappa shape index (κ3) is 13.7. The van der Waals surface area contributed by atoms with E-state index in [-0.39, 0.29) is 12.7 Å². The Morgan fingerprint density at radius 1 is 0.680 bits per heavy atom. The van der Waals surface area contributed by atoms with Crippen LogP contribution in [0.4, 0.5) is 0 Å². The van der Waals surface area contributed by atoms with Crippen LogP contribution in [0.15, 0.2) is 0 Å². The molecule has 3 nitrogen and oxygen atoms in total. The van der Waals surface area contributed by atoms with Gasteiger partial charge in [-0.05, 0) is 20.3 Å². The molecule has 0 aromatic carbocycles. The largest absolute Gasteiger partial charge is 0.391 e. The quantitative estimate of drug-likeness (QED) is 0.243. The first kappa shape index (κ1) is 24.9. The van der Waals surface area contributed by atoms with E-state index >= 15 is 0 Å². The summed E-state index contributed by atoms with van der Waals surface area (Å²) in [6, 6.07) is 0. The number of rotatable bonds is 19. The highest BCUT2D eigenvalue weighted by molar-refractivity contribution is 4.57. The minimum atomic E-state index is -0.213. The van der Waals surface area contributed by atoms with Crippen LogP contribution in [0.1, 0.15) is 104 Å². The van der Waals surface area contributed by atoms with Crippen molar-refractivity contribution in [3.05, 3.63) is 0 Å². The first-order chi connectivity index (χ1) is 12.1. The fourth-order valence-corrected chi connectivity index (χ4v) is 3.86. The van der Waals surface area contributed by atoms with Gasteiger partial charge in [0.1, 0.15) is 19.2 Å². The molecule has 0 spiro atoms. The molecule has 0 aromatic rings. The molecule has 0 aliphatic carbocycles. The van der Waals surface area contributed by atoms with Gasteiger partial charge in [0.15, 0.2) is 0 Å². The van der Waals surface area contributed by atoms with E-state index in [9.17, 15) is 10.2 Å². The Morgan fingerprint density at radius 2 is 1.12 bits per heavy atom. The lowest BCUT2D eigenvalue weighted by molar-refractivity contribution is -0.928. The van der Waals surface area contributed by atoms with Gasteiger partial charge in [-0.3, -0.25) is 0 Å². The fraction of sp³-hybridized carbons (Fsp3) is 1.00. The lowest BCUT2D eigenvalue weighted by Crippen LogP contribution is -2.53. The lowest BCUT2D eigenvalue weighted by Gasteiger charge is -2.38. The van der Waals surface area contributed by atoms with Gasteiger partial charge in [0.25, 0.3) is 0 Å². The summed E-state index contributed by atoms with van der Waals surface area (Å²) in [4.78, 5) is 0. The minimum Gasteiger partial charge on any atom is -0.391 e. The summed E-state index contributed by atoms with van der Waals surface area (Å²) >= 11 is 0. The standard InChI is InChI=1S/C22H48NO2/c1-4-7-8-9-10-11-12-13-14-15-16-17-18-22(25)21-23(5-2,6-3)19-20-24/h22,24-25H,4-21H2,1-3H3/q+1. The molecule has 0 rings (SSSR count). The van der Waals surface area contributed by atoms with Crippen LogP contribution in [0, 0.1) is 0 Å². The summed E-state index contributed by atoms with van der Waals surface area (Å²) in [6.45, 7) is 10.4. The normalized spacial score (nSPS) is 13.3. The van der Waals surface area contributed by atoms with Crippen molar-refractivity contribution >= 4 is 0 Å². The van der Waals surface area contributed by atoms with Crippen LogP contribution in [0.25, 0.3) is 0 Å². The van der Waals surface area contributed by atoms with Crippen molar-refractivity contribution in [1.82, 2.24) is 0 Å². The number of aliphatic hydroxyl groups is 2. The second-order valence-electron chi connectivity index (χ2n) is 7.94. The maximum absolute atomic E-state index is 10.3. The Morgan fingerprint density at radius 3 is 1.52 bits per heavy atom. The van der Waals surface area contributed by atoms with Gasteiger partial charge < -0.3 is 14.7 Å². The van der Waals surface area contributed by atoms with E-state index < -0.39 is 0 Å². The number of quaternary nitrogens is 1. The summed E-state index contributed by atoms with van der Waals surface area (Å²) in [6.07, 6.45) is 17.0. The van der Waals surface area contributed by atoms with Gasteiger partial charge in [-0.1, -0.05) is 84.0 Å². The van der Waals surface area contributed by atoms with Crippen molar-refractivity contribution in [2.45, 2.75) is 110 Å². The summed E-state index contributed by atoms with van der Waals surface area (Å²) in [5.41, 5.74) is 0. The zero-order valence-corrected chi connectivity index (χ0v) is 17.6. The molecule has 0 radical (unpaired) electrons. The third-order valence-electron chi connectivity index (χ3n) is 5.90. The molecular formula is C22H48NO2+. The Balaban J connectivity index is 3.52. The molecule has 0 heterocycles. The summed E-state index contributed by atoms with van der Waals surface area (Å²) < 4.78 is 0.843. The third-order valence-corrected chi connectivity index (χ3v) is 5.90. The smallest absolute Gasteiger partial charge is 0.105 e. The average Bonchev–Trinajstić information content (AvgIpc) is 2.62. The number of unbranched alkanes of at least 4 members (excludes halogenated alkanes) is 11. The van der Waals surface area contributed by atoms with Crippen LogP contribution in [-0.2, 0) is 0 Å². The fourth-order valence-electron chi connectivity index (χ4n) is 3.86. The van der Waals surface area contributed by atoms with E-state index in [1.165, 1.54) is 70.6 Å². The first-order valence-electron chi connectivity index (χ1n) is 11.3. The SMILES string of the molecule is CCCCCCCCCCCCCCC(O)C[N+](CC)(CC)CCO. The molecule has 0 amide bonds. The molecule has 1 unspecified atom stereocenters. The van der Waals surface area contributed by atoms with Crippen LogP contribution < -0.4 is 0 Å². The van der Waals surface area contributed by atoms with Gasteiger partial charge in [0.2, 0.25) is 0 Å². The molecule has 0 aromatic heterocycles. The lowest BCUT2D eigenvalue weighted by atomic mass is 10.0. The second kappa shape index (κ2) is 17.3. The van der Waals surface area contributed by atoms with Crippen LogP contribution in [0.2, 0.25) is 0 Å². The summed E-state index contributed by atoms with van der Waals surface area (Å²) in [7, 11) is 0. The van der Waals surface area contributed by atoms with Crippen molar-refractivity contribution in [3.63, 3.8) is 0 Å².